The number of rotatable bonds is 7. The molecule has 1 aromatic heterocycles. The molecule has 2 aromatic rings. The van der Waals surface area contributed by atoms with Crippen molar-refractivity contribution in [3.05, 3.63) is 33.0 Å². The van der Waals surface area contributed by atoms with Crippen molar-refractivity contribution in [1.82, 2.24) is 14.3 Å². The number of thioether (sulfide) groups is 1. The Morgan fingerprint density at radius 3 is 2.78 bits per heavy atom. The normalized spacial score (nSPS) is 12.0. The van der Waals surface area contributed by atoms with E-state index in [9.17, 15) is 13.2 Å². The second-order valence-electron chi connectivity index (χ2n) is 4.97. The lowest BCUT2D eigenvalue weighted by Gasteiger charge is -2.11. The Hall–Kier alpha value is -0.900. The average molecular weight is 420 g/mol. The van der Waals surface area contributed by atoms with Gasteiger partial charge in [0.25, 0.3) is 5.56 Å². The third-order valence-corrected chi connectivity index (χ3v) is 5.40. The summed E-state index contributed by atoms with van der Waals surface area (Å²) in [6, 6.07) is 5.45. The predicted octanol–water partition coefficient (Wildman–Crippen LogP) is 2.21. The van der Waals surface area contributed by atoms with Gasteiger partial charge in [-0.15, -0.1) is 0 Å². The first-order chi connectivity index (χ1) is 10.8. The standard InChI is InChI=1S/C14H18BrN3O3S2/c1-3-18-13(19)11-9-10(15)5-6-12(11)17-14(18)22-8-4-7-16-23(2,20)21/h5-6,9,16H,3-4,7-8H2,1-2H3. The molecule has 9 heteroatoms. The highest BCUT2D eigenvalue weighted by atomic mass is 79.9. The second kappa shape index (κ2) is 7.78. The first-order valence-corrected chi connectivity index (χ1v) is 10.8. The van der Waals surface area contributed by atoms with E-state index in [4.69, 9.17) is 0 Å². The van der Waals surface area contributed by atoms with Gasteiger partial charge in [-0.05, 0) is 31.5 Å². The predicted molar refractivity (Wildman–Crippen MR) is 97.6 cm³/mol. The summed E-state index contributed by atoms with van der Waals surface area (Å²) in [5, 5.41) is 1.25. The van der Waals surface area contributed by atoms with Gasteiger partial charge in [-0.2, -0.15) is 0 Å². The molecule has 0 saturated carbocycles. The number of hydrogen-bond donors (Lipinski definition) is 1. The molecular formula is C14H18BrN3O3S2. The minimum atomic E-state index is -3.16. The van der Waals surface area contributed by atoms with E-state index in [0.29, 0.717) is 41.3 Å². The zero-order chi connectivity index (χ0) is 17.0. The quantitative estimate of drug-likeness (QED) is 0.422. The molecule has 0 fully saturated rings. The van der Waals surface area contributed by atoms with Crippen molar-refractivity contribution >= 4 is 48.6 Å². The second-order valence-corrected chi connectivity index (χ2v) is 8.78. The minimum Gasteiger partial charge on any atom is -0.287 e. The monoisotopic (exact) mass is 419 g/mol. The van der Waals surface area contributed by atoms with Gasteiger partial charge in [0.1, 0.15) is 0 Å². The summed E-state index contributed by atoms with van der Waals surface area (Å²) < 4.78 is 26.9. The molecule has 0 saturated heterocycles. The molecule has 0 atom stereocenters. The number of nitrogens with zero attached hydrogens (tertiary/aromatic N) is 2. The number of nitrogens with one attached hydrogen (secondary N) is 1. The van der Waals surface area contributed by atoms with Crippen molar-refractivity contribution in [3.8, 4) is 0 Å². The largest absolute Gasteiger partial charge is 0.287 e. The third kappa shape index (κ3) is 5.03. The average Bonchev–Trinajstić information content (AvgIpc) is 2.47. The summed E-state index contributed by atoms with van der Waals surface area (Å²) in [5.41, 5.74) is 0.607. The maximum Gasteiger partial charge on any atom is 0.262 e. The molecule has 2 rings (SSSR count). The molecule has 0 unspecified atom stereocenters. The Bertz CT molecular complexity index is 865. The minimum absolute atomic E-state index is 0.0597. The zero-order valence-electron chi connectivity index (χ0n) is 12.9. The Labute approximate surface area is 147 Å². The maximum atomic E-state index is 12.6. The summed E-state index contributed by atoms with van der Waals surface area (Å²) >= 11 is 4.83. The van der Waals surface area contributed by atoms with Crippen LogP contribution in [0.5, 0.6) is 0 Å². The van der Waals surface area contributed by atoms with Gasteiger partial charge in [0.05, 0.1) is 17.2 Å². The van der Waals surface area contributed by atoms with Crippen molar-refractivity contribution in [2.45, 2.75) is 25.0 Å². The molecule has 1 N–H and O–H groups in total. The summed E-state index contributed by atoms with van der Waals surface area (Å²) in [6.07, 6.45) is 1.80. The number of benzene rings is 1. The lowest BCUT2D eigenvalue weighted by atomic mass is 10.2. The zero-order valence-corrected chi connectivity index (χ0v) is 16.1. The fourth-order valence-corrected chi connectivity index (χ4v) is 3.93. The molecule has 1 heterocycles. The van der Waals surface area contributed by atoms with E-state index in [1.807, 2.05) is 19.1 Å². The molecule has 1 aromatic carbocycles. The van der Waals surface area contributed by atoms with Crippen molar-refractivity contribution in [3.63, 3.8) is 0 Å². The Morgan fingerprint density at radius 2 is 2.13 bits per heavy atom. The molecule has 23 heavy (non-hydrogen) atoms. The van der Waals surface area contributed by atoms with Crippen LogP contribution in [0.3, 0.4) is 0 Å². The van der Waals surface area contributed by atoms with E-state index < -0.39 is 10.0 Å². The number of halogens is 1. The van der Waals surface area contributed by atoms with Crippen LogP contribution < -0.4 is 10.3 Å². The topological polar surface area (TPSA) is 81.1 Å². The Morgan fingerprint density at radius 1 is 1.39 bits per heavy atom. The van der Waals surface area contributed by atoms with Gasteiger partial charge in [-0.3, -0.25) is 9.36 Å². The molecule has 0 amide bonds. The van der Waals surface area contributed by atoms with Crippen LogP contribution in [0.25, 0.3) is 10.9 Å². The van der Waals surface area contributed by atoms with Crippen LogP contribution >= 0.6 is 27.7 Å². The highest BCUT2D eigenvalue weighted by Crippen LogP contribution is 2.20. The molecule has 0 aliphatic heterocycles. The van der Waals surface area contributed by atoms with Crippen LogP contribution in [0, 0.1) is 0 Å². The van der Waals surface area contributed by atoms with Crippen LogP contribution in [0.2, 0.25) is 0 Å². The molecular weight excluding hydrogens is 402 g/mol. The van der Waals surface area contributed by atoms with Gasteiger partial charge < -0.3 is 0 Å². The maximum absolute atomic E-state index is 12.6. The van der Waals surface area contributed by atoms with Gasteiger partial charge in [0, 0.05) is 23.3 Å². The van der Waals surface area contributed by atoms with Crippen molar-refractivity contribution in [2.24, 2.45) is 0 Å². The summed E-state index contributed by atoms with van der Waals surface area (Å²) in [4.78, 5) is 17.1. The van der Waals surface area contributed by atoms with Crippen molar-refractivity contribution in [1.29, 1.82) is 0 Å². The first-order valence-electron chi connectivity index (χ1n) is 7.09. The number of hydrogen-bond acceptors (Lipinski definition) is 5. The summed E-state index contributed by atoms with van der Waals surface area (Å²) in [5.74, 6) is 0.678. The van der Waals surface area contributed by atoms with E-state index in [1.54, 1.807) is 10.6 Å². The van der Waals surface area contributed by atoms with Crippen molar-refractivity contribution in [2.75, 3.05) is 18.6 Å². The number of aromatic nitrogens is 2. The molecule has 0 aliphatic carbocycles. The van der Waals surface area contributed by atoms with E-state index in [1.165, 1.54) is 11.8 Å². The fraction of sp³-hybridized carbons (Fsp3) is 0.429. The van der Waals surface area contributed by atoms with Crippen LogP contribution in [0.4, 0.5) is 0 Å². The SMILES string of the molecule is CCn1c(SCCCNS(C)(=O)=O)nc2ccc(Br)cc2c1=O. The van der Waals surface area contributed by atoms with E-state index >= 15 is 0 Å². The fourth-order valence-electron chi connectivity index (χ4n) is 2.05. The molecule has 0 radical (unpaired) electrons. The molecule has 6 nitrogen and oxygen atoms in total. The van der Waals surface area contributed by atoms with E-state index in [-0.39, 0.29) is 5.56 Å². The molecule has 0 aliphatic rings. The summed E-state index contributed by atoms with van der Waals surface area (Å²) in [7, 11) is -3.16. The van der Waals surface area contributed by atoms with Gasteiger partial charge >= 0.3 is 0 Å². The Kier molecular flexibility index (Phi) is 6.24. The van der Waals surface area contributed by atoms with Crippen LogP contribution in [-0.4, -0.2) is 36.5 Å². The first kappa shape index (κ1) is 18.4. The molecule has 0 spiro atoms. The van der Waals surface area contributed by atoms with E-state index in [0.717, 1.165) is 10.7 Å². The van der Waals surface area contributed by atoms with Gasteiger partial charge in [-0.1, -0.05) is 27.7 Å². The van der Waals surface area contributed by atoms with Crippen LogP contribution in [0.1, 0.15) is 13.3 Å². The van der Waals surface area contributed by atoms with Crippen LogP contribution in [0.15, 0.2) is 32.6 Å². The van der Waals surface area contributed by atoms with Gasteiger partial charge in [-0.25, -0.2) is 18.1 Å². The van der Waals surface area contributed by atoms with Gasteiger partial charge in [0.15, 0.2) is 5.16 Å². The Balaban J connectivity index is 2.17. The van der Waals surface area contributed by atoms with Crippen LogP contribution in [-0.2, 0) is 16.6 Å². The van der Waals surface area contributed by atoms with Crippen molar-refractivity contribution < 1.29 is 8.42 Å². The summed E-state index contributed by atoms with van der Waals surface area (Å²) in [6.45, 7) is 2.82. The molecule has 126 valence electrons. The number of fused-ring (bicyclic) bond motifs is 1. The third-order valence-electron chi connectivity index (χ3n) is 3.11. The highest BCUT2D eigenvalue weighted by molar-refractivity contribution is 9.10. The smallest absolute Gasteiger partial charge is 0.262 e. The molecule has 0 bridgehead atoms. The highest BCUT2D eigenvalue weighted by Gasteiger charge is 2.11. The number of sulfonamides is 1. The lowest BCUT2D eigenvalue weighted by molar-refractivity contribution is 0.587. The lowest BCUT2D eigenvalue weighted by Crippen LogP contribution is -2.24. The van der Waals surface area contributed by atoms with E-state index in [2.05, 4.69) is 25.6 Å². The van der Waals surface area contributed by atoms with Gasteiger partial charge in [0.2, 0.25) is 10.0 Å².